The highest BCUT2D eigenvalue weighted by atomic mass is 79.9. The first-order chi connectivity index (χ1) is 9.66. The Hall–Kier alpha value is -0.870. The Morgan fingerprint density at radius 1 is 1.38 bits per heavy atom. The van der Waals surface area contributed by atoms with Crippen LogP contribution in [-0.4, -0.2) is 30.4 Å². The van der Waals surface area contributed by atoms with Gasteiger partial charge in [-0.15, -0.1) is 0 Å². The lowest BCUT2D eigenvalue weighted by atomic mass is 9.83. The molecule has 118 valence electrons. The lowest BCUT2D eigenvalue weighted by molar-refractivity contribution is -0.135. The van der Waals surface area contributed by atoms with Crippen LogP contribution in [0.25, 0.3) is 0 Å². The highest BCUT2D eigenvalue weighted by molar-refractivity contribution is 9.10. The van der Waals surface area contributed by atoms with E-state index >= 15 is 0 Å². The molecule has 1 aromatic carbocycles. The van der Waals surface area contributed by atoms with E-state index in [1.54, 1.807) is 4.90 Å². The maximum Gasteiger partial charge on any atom is 0.232 e. The number of hydrogen-bond acceptors (Lipinski definition) is 2. The van der Waals surface area contributed by atoms with E-state index in [1.165, 1.54) is 0 Å². The van der Waals surface area contributed by atoms with Crippen LogP contribution in [0.15, 0.2) is 28.7 Å². The molecule has 0 spiro atoms. The van der Waals surface area contributed by atoms with Crippen molar-refractivity contribution < 1.29 is 4.79 Å². The minimum atomic E-state index is -0.541. The van der Waals surface area contributed by atoms with E-state index in [0.717, 1.165) is 16.5 Å². The molecule has 0 heterocycles. The van der Waals surface area contributed by atoms with Crippen molar-refractivity contribution in [2.45, 2.75) is 45.6 Å². The van der Waals surface area contributed by atoms with E-state index in [1.807, 2.05) is 45.2 Å². The fraction of sp³-hybridized carbons (Fsp3) is 0.588. The third-order valence-electron chi connectivity index (χ3n) is 4.08. The summed E-state index contributed by atoms with van der Waals surface area (Å²) in [6, 6.07) is 8.06. The summed E-state index contributed by atoms with van der Waals surface area (Å²) >= 11 is 3.47. The molecule has 0 saturated heterocycles. The molecular formula is C17H27BrN2O. The van der Waals surface area contributed by atoms with Gasteiger partial charge in [0, 0.05) is 24.1 Å². The first kappa shape index (κ1) is 18.2. The second-order valence-corrected chi connectivity index (χ2v) is 7.47. The van der Waals surface area contributed by atoms with E-state index in [9.17, 15) is 4.79 Å². The normalized spacial score (nSPS) is 13.3. The van der Waals surface area contributed by atoms with Crippen molar-refractivity contribution in [2.75, 3.05) is 13.6 Å². The highest BCUT2D eigenvalue weighted by Crippen LogP contribution is 2.27. The Morgan fingerprint density at radius 3 is 2.52 bits per heavy atom. The smallest absolute Gasteiger partial charge is 0.232 e. The molecule has 4 heteroatoms. The molecule has 3 nitrogen and oxygen atoms in total. The first-order valence-corrected chi connectivity index (χ1v) is 8.22. The van der Waals surface area contributed by atoms with Crippen LogP contribution < -0.4 is 5.73 Å². The molecule has 1 aromatic rings. The lowest BCUT2D eigenvalue weighted by Crippen LogP contribution is -2.43. The maximum atomic E-state index is 12.7. The van der Waals surface area contributed by atoms with Gasteiger partial charge in [-0.25, -0.2) is 0 Å². The van der Waals surface area contributed by atoms with E-state index in [-0.39, 0.29) is 11.9 Å². The zero-order chi connectivity index (χ0) is 16.2. The van der Waals surface area contributed by atoms with Crippen molar-refractivity contribution in [1.82, 2.24) is 4.90 Å². The third-order valence-corrected chi connectivity index (χ3v) is 4.58. The monoisotopic (exact) mass is 354 g/mol. The van der Waals surface area contributed by atoms with E-state index in [4.69, 9.17) is 5.73 Å². The molecule has 0 fully saturated rings. The van der Waals surface area contributed by atoms with Gasteiger partial charge >= 0.3 is 0 Å². The molecule has 0 saturated carbocycles. The predicted octanol–water partition coefficient (Wildman–Crippen LogP) is 3.56. The Labute approximate surface area is 137 Å². The van der Waals surface area contributed by atoms with Gasteiger partial charge in [-0.3, -0.25) is 4.79 Å². The number of carbonyl (C=O) groups is 1. The minimum absolute atomic E-state index is 0.122. The third kappa shape index (κ3) is 4.82. The average Bonchev–Trinajstić information content (AvgIpc) is 2.43. The standard InChI is InChI=1S/C17H27BrN2O/c1-12(2)15(19)9-10-20(5)16(21)17(3,4)13-7-6-8-14(18)11-13/h6-8,11-12,15H,9-10,19H2,1-5H3. The van der Waals surface area contributed by atoms with Gasteiger partial charge in [-0.1, -0.05) is 41.9 Å². The summed E-state index contributed by atoms with van der Waals surface area (Å²) in [5, 5.41) is 0. The van der Waals surface area contributed by atoms with Crippen molar-refractivity contribution in [1.29, 1.82) is 0 Å². The molecule has 1 atom stereocenters. The molecule has 21 heavy (non-hydrogen) atoms. The Morgan fingerprint density at radius 2 is 2.00 bits per heavy atom. The number of benzene rings is 1. The van der Waals surface area contributed by atoms with Gasteiger partial charge in [-0.05, 0) is 43.9 Å². The molecule has 0 aliphatic carbocycles. The Kier molecular flexibility index (Phi) is 6.41. The summed E-state index contributed by atoms with van der Waals surface area (Å²) in [5.41, 5.74) is 6.54. The number of halogens is 1. The van der Waals surface area contributed by atoms with Crippen molar-refractivity contribution in [3.05, 3.63) is 34.3 Å². The highest BCUT2D eigenvalue weighted by Gasteiger charge is 2.32. The summed E-state index contributed by atoms with van der Waals surface area (Å²) in [4.78, 5) is 14.5. The lowest BCUT2D eigenvalue weighted by Gasteiger charge is -2.31. The van der Waals surface area contributed by atoms with Crippen LogP contribution in [0, 0.1) is 5.92 Å². The zero-order valence-electron chi connectivity index (χ0n) is 13.7. The van der Waals surface area contributed by atoms with E-state index in [0.29, 0.717) is 12.5 Å². The predicted molar refractivity (Wildman–Crippen MR) is 92.2 cm³/mol. The average molecular weight is 355 g/mol. The second-order valence-electron chi connectivity index (χ2n) is 6.56. The van der Waals surface area contributed by atoms with Gasteiger partial charge in [0.15, 0.2) is 0 Å². The van der Waals surface area contributed by atoms with Gasteiger partial charge in [-0.2, -0.15) is 0 Å². The molecular weight excluding hydrogens is 328 g/mol. The van der Waals surface area contributed by atoms with Crippen molar-refractivity contribution >= 4 is 21.8 Å². The van der Waals surface area contributed by atoms with E-state index < -0.39 is 5.41 Å². The number of rotatable bonds is 6. The molecule has 0 aliphatic heterocycles. The quantitative estimate of drug-likeness (QED) is 0.848. The topological polar surface area (TPSA) is 46.3 Å². The molecule has 0 aromatic heterocycles. The van der Waals surface area contributed by atoms with Crippen molar-refractivity contribution in [2.24, 2.45) is 11.7 Å². The Bertz CT molecular complexity index is 485. The SMILES string of the molecule is CC(C)C(N)CCN(C)C(=O)C(C)(C)c1cccc(Br)c1. The molecule has 0 bridgehead atoms. The van der Waals surface area contributed by atoms with Gasteiger partial charge in [0.25, 0.3) is 0 Å². The van der Waals surface area contributed by atoms with Gasteiger partial charge in [0.05, 0.1) is 5.41 Å². The molecule has 0 radical (unpaired) electrons. The van der Waals surface area contributed by atoms with Crippen LogP contribution in [-0.2, 0) is 10.2 Å². The molecule has 2 N–H and O–H groups in total. The summed E-state index contributed by atoms with van der Waals surface area (Å²) in [5.74, 6) is 0.558. The summed E-state index contributed by atoms with van der Waals surface area (Å²) in [7, 11) is 1.86. The number of nitrogens with zero attached hydrogens (tertiary/aromatic N) is 1. The van der Waals surface area contributed by atoms with Gasteiger partial charge < -0.3 is 10.6 Å². The molecule has 0 aliphatic rings. The zero-order valence-corrected chi connectivity index (χ0v) is 15.3. The number of hydrogen-bond donors (Lipinski definition) is 1. The van der Waals surface area contributed by atoms with Gasteiger partial charge in [0.2, 0.25) is 5.91 Å². The number of nitrogens with two attached hydrogens (primary N) is 1. The van der Waals surface area contributed by atoms with Crippen LogP contribution in [0.4, 0.5) is 0 Å². The summed E-state index contributed by atoms with van der Waals surface area (Å²) in [6.45, 7) is 8.84. The maximum absolute atomic E-state index is 12.7. The van der Waals surface area contributed by atoms with Crippen LogP contribution >= 0.6 is 15.9 Å². The first-order valence-electron chi connectivity index (χ1n) is 7.43. The fourth-order valence-corrected chi connectivity index (χ4v) is 2.65. The second kappa shape index (κ2) is 7.41. The number of amides is 1. The van der Waals surface area contributed by atoms with Crippen molar-refractivity contribution in [3.8, 4) is 0 Å². The van der Waals surface area contributed by atoms with E-state index in [2.05, 4.69) is 29.8 Å². The molecule has 1 rings (SSSR count). The minimum Gasteiger partial charge on any atom is -0.345 e. The van der Waals surface area contributed by atoms with Crippen LogP contribution in [0.1, 0.15) is 39.7 Å². The molecule has 1 unspecified atom stereocenters. The van der Waals surface area contributed by atoms with Crippen LogP contribution in [0.5, 0.6) is 0 Å². The van der Waals surface area contributed by atoms with Crippen LogP contribution in [0.2, 0.25) is 0 Å². The van der Waals surface area contributed by atoms with Crippen molar-refractivity contribution in [3.63, 3.8) is 0 Å². The summed E-state index contributed by atoms with van der Waals surface area (Å²) < 4.78 is 0.991. The Balaban J connectivity index is 2.76. The number of carbonyl (C=O) groups excluding carboxylic acids is 1. The van der Waals surface area contributed by atoms with Crippen LogP contribution in [0.3, 0.4) is 0 Å². The number of likely N-dealkylation sites (N-methyl/N-ethyl adjacent to an activating group) is 1. The summed E-state index contributed by atoms with van der Waals surface area (Å²) in [6.07, 6.45) is 0.828. The van der Waals surface area contributed by atoms with Gasteiger partial charge in [0.1, 0.15) is 0 Å². The fourth-order valence-electron chi connectivity index (χ4n) is 2.26. The molecule has 1 amide bonds. The largest absolute Gasteiger partial charge is 0.345 e.